The lowest BCUT2D eigenvalue weighted by molar-refractivity contribution is -0.0511. The molecule has 0 radical (unpaired) electrons. The Morgan fingerprint density at radius 2 is 1.91 bits per heavy atom. The number of nitrogen functional groups attached to an aromatic ring is 1. The van der Waals surface area contributed by atoms with Crippen LogP contribution in [0, 0.1) is 17.8 Å². The number of rotatable bonds is 6. The maximum Gasteiger partial charge on any atom is 0.320 e. The van der Waals surface area contributed by atoms with Crippen molar-refractivity contribution in [1.29, 1.82) is 0 Å². The van der Waals surface area contributed by atoms with Crippen LogP contribution in [0.3, 0.4) is 0 Å². The Morgan fingerprint density at radius 1 is 1.09 bits per heavy atom. The first-order chi connectivity index (χ1) is 15.5. The average molecular weight is 448 g/mol. The van der Waals surface area contributed by atoms with Crippen LogP contribution in [-0.4, -0.2) is 66.4 Å². The summed E-state index contributed by atoms with van der Waals surface area (Å²) in [6.45, 7) is 0.116. The monoisotopic (exact) mass is 447 g/mol. The first-order valence-electron chi connectivity index (χ1n) is 11.8. The summed E-state index contributed by atoms with van der Waals surface area (Å²) in [4.78, 5) is 12.9. The number of fused-ring (bicyclic) bond motifs is 2. The zero-order chi connectivity index (χ0) is 22.2. The summed E-state index contributed by atoms with van der Waals surface area (Å²) < 4.78 is 13.0. The fourth-order valence-electron chi connectivity index (χ4n) is 5.83. The molecule has 1 aliphatic heterocycles. The summed E-state index contributed by atoms with van der Waals surface area (Å²) in [5.74, 6) is 2.68. The molecular formula is C22H33N5O5. The third-order valence-corrected chi connectivity index (χ3v) is 7.62. The van der Waals surface area contributed by atoms with E-state index in [2.05, 4.69) is 15.0 Å². The number of ether oxygens (including phenoxy) is 2. The highest BCUT2D eigenvalue weighted by Crippen LogP contribution is 2.43. The van der Waals surface area contributed by atoms with Gasteiger partial charge in [-0.3, -0.25) is 4.57 Å². The predicted octanol–water partition coefficient (Wildman–Crippen LogP) is 1.40. The summed E-state index contributed by atoms with van der Waals surface area (Å²) in [6.07, 6.45) is 7.59. The van der Waals surface area contributed by atoms with Gasteiger partial charge < -0.3 is 30.5 Å². The van der Waals surface area contributed by atoms with E-state index in [1.54, 1.807) is 0 Å². The highest BCUT2D eigenvalue weighted by molar-refractivity contribution is 5.82. The van der Waals surface area contributed by atoms with Crippen molar-refractivity contribution >= 4 is 17.0 Å². The van der Waals surface area contributed by atoms with Gasteiger partial charge in [-0.25, -0.2) is 4.98 Å². The van der Waals surface area contributed by atoms with Crippen LogP contribution in [-0.2, 0) is 4.74 Å². The van der Waals surface area contributed by atoms with Crippen molar-refractivity contribution in [3.63, 3.8) is 0 Å². The number of hydrogen-bond donors (Lipinski definition) is 4. The molecule has 2 aromatic heterocycles. The number of nitrogens with two attached hydrogens (primary N) is 1. The van der Waals surface area contributed by atoms with E-state index in [0.29, 0.717) is 23.7 Å². The Morgan fingerprint density at radius 3 is 2.69 bits per heavy atom. The van der Waals surface area contributed by atoms with E-state index in [1.165, 1.54) is 55.8 Å². The number of aliphatic hydroxyl groups is 3. The first-order valence-corrected chi connectivity index (χ1v) is 11.8. The van der Waals surface area contributed by atoms with Gasteiger partial charge in [0, 0.05) is 0 Å². The zero-order valence-corrected chi connectivity index (χ0v) is 18.2. The van der Waals surface area contributed by atoms with Gasteiger partial charge in [0.15, 0.2) is 23.2 Å². The van der Waals surface area contributed by atoms with Crippen LogP contribution in [0.1, 0.15) is 57.6 Å². The highest BCUT2D eigenvalue weighted by Gasteiger charge is 2.44. The highest BCUT2D eigenvalue weighted by atomic mass is 16.6. The summed E-state index contributed by atoms with van der Waals surface area (Å²) in [5, 5.41) is 29.8. The minimum Gasteiger partial charge on any atom is -0.463 e. The maximum atomic E-state index is 10.4. The predicted molar refractivity (Wildman–Crippen MR) is 116 cm³/mol. The van der Waals surface area contributed by atoms with Crippen molar-refractivity contribution < 1.29 is 24.8 Å². The van der Waals surface area contributed by atoms with E-state index in [4.69, 9.17) is 15.2 Å². The number of aliphatic hydroxyl groups excluding tert-OH is 3. The summed E-state index contributed by atoms with van der Waals surface area (Å²) >= 11 is 0. The van der Waals surface area contributed by atoms with Crippen LogP contribution in [0.25, 0.3) is 11.2 Å². The average Bonchev–Trinajstić information content (AvgIpc) is 3.35. The number of hydrogen-bond acceptors (Lipinski definition) is 9. The molecular weight excluding hydrogens is 414 g/mol. The lowest BCUT2D eigenvalue weighted by Gasteiger charge is -2.39. The van der Waals surface area contributed by atoms with Gasteiger partial charge in [0.05, 0.1) is 19.5 Å². The van der Waals surface area contributed by atoms with Crippen molar-refractivity contribution in [3.8, 4) is 6.01 Å². The zero-order valence-electron chi connectivity index (χ0n) is 18.2. The van der Waals surface area contributed by atoms with Gasteiger partial charge in [-0.1, -0.05) is 32.1 Å². The molecule has 5 N–H and O–H groups in total. The van der Waals surface area contributed by atoms with Crippen molar-refractivity contribution in [2.75, 3.05) is 18.9 Å². The van der Waals surface area contributed by atoms with Crippen LogP contribution >= 0.6 is 0 Å². The van der Waals surface area contributed by atoms with Gasteiger partial charge in [0.2, 0.25) is 0 Å². The molecule has 2 aliphatic carbocycles. The Kier molecular flexibility index (Phi) is 6.20. The van der Waals surface area contributed by atoms with Crippen molar-refractivity contribution in [1.82, 2.24) is 19.5 Å². The maximum absolute atomic E-state index is 10.4. The molecule has 0 spiro atoms. The molecule has 5 unspecified atom stereocenters. The topological polar surface area (TPSA) is 149 Å². The van der Waals surface area contributed by atoms with E-state index < -0.39 is 31.1 Å². The first kappa shape index (κ1) is 21.8. The Labute approximate surface area is 186 Å². The van der Waals surface area contributed by atoms with Gasteiger partial charge >= 0.3 is 6.01 Å². The van der Waals surface area contributed by atoms with Gasteiger partial charge in [-0.05, 0) is 37.0 Å². The van der Waals surface area contributed by atoms with Crippen LogP contribution in [0.15, 0.2) is 6.33 Å². The van der Waals surface area contributed by atoms with Crippen molar-refractivity contribution in [2.45, 2.75) is 75.9 Å². The minimum absolute atomic E-state index is 0.162. The fraction of sp³-hybridized carbons (Fsp3) is 0.773. The SMILES string of the molecule is Nc1nc(OCCC2CCC3CCCCC3C2)nc2c1ncn2C1OC(CO)[C@@H](O)[C@H]1O. The molecule has 5 rings (SSSR count). The molecule has 3 heterocycles. The molecule has 2 aromatic rings. The molecule has 176 valence electrons. The third-order valence-electron chi connectivity index (χ3n) is 7.62. The number of aromatic nitrogens is 4. The van der Waals surface area contributed by atoms with Gasteiger partial charge in [-0.2, -0.15) is 9.97 Å². The van der Waals surface area contributed by atoms with Crippen LogP contribution in [0.5, 0.6) is 6.01 Å². The molecule has 0 aromatic carbocycles. The minimum atomic E-state index is -1.24. The number of anilines is 1. The number of imidazole rings is 1. The van der Waals surface area contributed by atoms with Crippen LogP contribution in [0.2, 0.25) is 0 Å². The van der Waals surface area contributed by atoms with E-state index in [1.807, 2.05) is 0 Å². The molecule has 10 heteroatoms. The second-order valence-electron chi connectivity index (χ2n) is 9.57. The normalized spacial score (nSPS) is 35.2. The molecule has 1 saturated heterocycles. The van der Waals surface area contributed by atoms with Crippen molar-refractivity contribution in [3.05, 3.63) is 6.33 Å². The molecule has 0 bridgehead atoms. The number of nitrogens with zero attached hydrogens (tertiary/aromatic N) is 4. The standard InChI is InChI=1S/C22H33N5O5/c23-19-16-20(27(11-24-16)21-18(30)17(29)15(10-28)32-21)26-22(25-19)31-8-7-12-5-6-13-3-1-2-4-14(13)9-12/h11-15,17-18,21,28-30H,1-10H2,(H2,23,25,26)/t12?,13?,14?,15?,17-,18-,21?/m1/s1. The summed E-state index contributed by atoms with van der Waals surface area (Å²) in [7, 11) is 0. The quantitative estimate of drug-likeness (QED) is 0.515. The molecule has 3 fully saturated rings. The summed E-state index contributed by atoms with van der Waals surface area (Å²) in [5.41, 5.74) is 6.79. The molecule has 3 aliphatic rings. The Bertz CT molecular complexity index is 939. The smallest absolute Gasteiger partial charge is 0.320 e. The van der Waals surface area contributed by atoms with E-state index in [9.17, 15) is 15.3 Å². The fourth-order valence-corrected chi connectivity index (χ4v) is 5.83. The third kappa shape index (κ3) is 4.05. The second-order valence-corrected chi connectivity index (χ2v) is 9.57. The van der Waals surface area contributed by atoms with Gasteiger partial charge in [0.25, 0.3) is 0 Å². The van der Waals surface area contributed by atoms with E-state index in [-0.39, 0.29) is 11.8 Å². The van der Waals surface area contributed by atoms with E-state index >= 15 is 0 Å². The molecule has 2 saturated carbocycles. The van der Waals surface area contributed by atoms with Crippen molar-refractivity contribution in [2.24, 2.45) is 17.8 Å². The largest absolute Gasteiger partial charge is 0.463 e. The van der Waals surface area contributed by atoms with Crippen LogP contribution < -0.4 is 10.5 Å². The molecule has 10 nitrogen and oxygen atoms in total. The second kappa shape index (κ2) is 9.09. The molecule has 0 amide bonds. The van der Waals surface area contributed by atoms with E-state index in [0.717, 1.165) is 18.3 Å². The molecule has 32 heavy (non-hydrogen) atoms. The van der Waals surface area contributed by atoms with Crippen LogP contribution in [0.4, 0.5) is 5.82 Å². The van der Waals surface area contributed by atoms with Gasteiger partial charge in [-0.15, -0.1) is 0 Å². The lowest BCUT2D eigenvalue weighted by atomic mass is 9.67. The van der Waals surface area contributed by atoms with Gasteiger partial charge in [0.1, 0.15) is 18.3 Å². The molecule has 7 atom stereocenters. The lowest BCUT2D eigenvalue weighted by Crippen LogP contribution is -2.33. The Balaban J connectivity index is 1.26. The Hall–Kier alpha value is -2.01. The summed E-state index contributed by atoms with van der Waals surface area (Å²) in [6, 6.07) is 0.162.